The predicted molar refractivity (Wildman–Crippen MR) is 120 cm³/mol. The predicted octanol–water partition coefficient (Wildman–Crippen LogP) is 5.67. The van der Waals surface area contributed by atoms with Crippen LogP contribution in [0.1, 0.15) is 17.9 Å². The fraction of sp³-hybridized carbons (Fsp3) is 0.130. The zero-order valence-corrected chi connectivity index (χ0v) is 17.9. The minimum Gasteiger partial charge on any atom is -0.270 e. The van der Waals surface area contributed by atoms with Gasteiger partial charge >= 0.3 is 6.55 Å². The Labute approximate surface area is 187 Å². The summed E-state index contributed by atoms with van der Waals surface area (Å²) in [6.45, 7) is -0.675. The third-order valence-corrected chi connectivity index (χ3v) is 6.03. The second-order valence-electron chi connectivity index (χ2n) is 7.12. The maximum atomic E-state index is 13.8. The van der Waals surface area contributed by atoms with Crippen LogP contribution in [0.2, 0.25) is 0 Å². The smallest absolute Gasteiger partial charge is 0.270 e. The van der Waals surface area contributed by atoms with Crippen molar-refractivity contribution in [2.45, 2.75) is 24.4 Å². The minimum absolute atomic E-state index is 0.218. The van der Waals surface area contributed by atoms with Crippen molar-refractivity contribution in [1.29, 1.82) is 0 Å². The lowest BCUT2D eigenvalue weighted by Gasteiger charge is -2.13. The van der Waals surface area contributed by atoms with E-state index >= 15 is 0 Å². The highest BCUT2D eigenvalue weighted by Crippen LogP contribution is 2.32. The van der Waals surface area contributed by atoms with Crippen LogP contribution >= 0.6 is 11.8 Å². The molecule has 0 N–H and O–H groups in total. The molecule has 9 heteroatoms. The number of hydrogen-bond donors (Lipinski definition) is 0. The largest absolute Gasteiger partial charge is 0.320 e. The zero-order valence-electron chi connectivity index (χ0n) is 17.1. The highest BCUT2D eigenvalue weighted by molar-refractivity contribution is 7.98. The van der Waals surface area contributed by atoms with Gasteiger partial charge in [0.15, 0.2) is 11.0 Å². The van der Waals surface area contributed by atoms with Crippen LogP contribution in [0.3, 0.4) is 0 Å². The quantitative estimate of drug-likeness (QED) is 0.313. The van der Waals surface area contributed by atoms with Gasteiger partial charge in [-0.2, -0.15) is 8.78 Å². The van der Waals surface area contributed by atoms with E-state index in [1.807, 2.05) is 47.9 Å². The highest BCUT2D eigenvalue weighted by atomic mass is 32.2. The fourth-order valence-electron chi connectivity index (χ4n) is 3.62. The number of benzene rings is 2. The molecule has 0 saturated carbocycles. The Kier molecular flexibility index (Phi) is 5.40. The number of nitrogens with zero attached hydrogens (tertiary/aromatic N) is 6. The van der Waals surface area contributed by atoms with E-state index < -0.39 is 6.55 Å². The van der Waals surface area contributed by atoms with E-state index in [-0.39, 0.29) is 11.6 Å². The average molecular weight is 449 g/mol. The molecule has 3 aromatic heterocycles. The molecule has 5 aromatic rings. The summed E-state index contributed by atoms with van der Waals surface area (Å²) in [5, 5.41) is 9.36. The Balaban J connectivity index is 1.57. The van der Waals surface area contributed by atoms with Gasteiger partial charge in [0.25, 0.3) is 0 Å². The van der Waals surface area contributed by atoms with Crippen LogP contribution in [-0.2, 0) is 5.75 Å². The van der Waals surface area contributed by atoms with Crippen LogP contribution < -0.4 is 0 Å². The Bertz CT molecular complexity index is 1380. The van der Waals surface area contributed by atoms with E-state index in [1.54, 1.807) is 36.7 Å². The summed E-state index contributed by atoms with van der Waals surface area (Å²) in [6, 6.07) is 18.6. The first-order valence-corrected chi connectivity index (χ1v) is 10.9. The number of fused-ring (bicyclic) bond motifs is 1. The molecule has 0 aliphatic heterocycles. The molecule has 0 fully saturated rings. The number of para-hydroxylation sites is 3. The van der Waals surface area contributed by atoms with Crippen molar-refractivity contribution < 1.29 is 8.78 Å². The van der Waals surface area contributed by atoms with E-state index in [9.17, 15) is 8.78 Å². The molecule has 0 atom stereocenters. The third kappa shape index (κ3) is 3.64. The topological polar surface area (TPSA) is 61.4 Å². The van der Waals surface area contributed by atoms with Gasteiger partial charge in [-0.1, -0.05) is 42.1 Å². The van der Waals surface area contributed by atoms with E-state index in [0.717, 1.165) is 21.4 Å². The summed E-state index contributed by atoms with van der Waals surface area (Å²) < 4.78 is 30.5. The van der Waals surface area contributed by atoms with E-state index in [1.165, 1.54) is 11.8 Å². The molecule has 0 aliphatic rings. The van der Waals surface area contributed by atoms with Crippen molar-refractivity contribution in [1.82, 2.24) is 29.3 Å². The van der Waals surface area contributed by atoms with Crippen molar-refractivity contribution in [2.75, 3.05) is 0 Å². The molecule has 160 valence electrons. The van der Waals surface area contributed by atoms with E-state index in [4.69, 9.17) is 0 Å². The van der Waals surface area contributed by atoms with Crippen LogP contribution in [-0.4, -0.2) is 29.3 Å². The van der Waals surface area contributed by atoms with Gasteiger partial charge in [0, 0.05) is 18.0 Å². The Morgan fingerprint density at radius 2 is 1.78 bits per heavy atom. The number of imidazole rings is 1. The molecule has 0 aliphatic carbocycles. The Morgan fingerprint density at radius 3 is 2.56 bits per heavy atom. The van der Waals surface area contributed by atoms with E-state index in [2.05, 4.69) is 20.2 Å². The minimum atomic E-state index is -2.68. The maximum Gasteiger partial charge on any atom is 0.320 e. The second kappa shape index (κ2) is 8.51. The first-order valence-electron chi connectivity index (χ1n) is 9.92. The van der Waals surface area contributed by atoms with Gasteiger partial charge in [-0.25, -0.2) is 4.98 Å². The second-order valence-corrected chi connectivity index (χ2v) is 8.07. The van der Waals surface area contributed by atoms with E-state index in [0.29, 0.717) is 22.0 Å². The van der Waals surface area contributed by atoms with Gasteiger partial charge in [-0.15, -0.1) is 10.2 Å². The number of alkyl halides is 2. The molecule has 32 heavy (non-hydrogen) atoms. The number of thioether (sulfide) groups is 1. The van der Waals surface area contributed by atoms with Gasteiger partial charge in [0.05, 0.1) is 22.5 Å². The van der Waals surface area contributed by atoms with Gasteiger partial charge in [-0.05, 0) is 42.8 Å². The van der Waals surface area contributed by atoms with Crippen LogP contribution in [0.25, 0.3) is 28.1 Å². The van der Waals surface area contributed by atoms with Crippen molar-refractivity contribution in [3.05, 3.63) is 84.4 Å². The summed E-state index contributed by atoms with van der Waals surface area (Å²) in [7, 11) is 0. The number of pyridine rings is 1. The molecule has 0 bridgehead atoms. The molecule has 5 rings (SSSR count). The fourth-order valence-corrected chi connectivity index (χ4v) is 4.49. The molecule has 6 nitrogen and oxygen atoms in total. The maximum absolute atomic E-state index is 13.8. The molecule has 0 spiro atoms. The summed E-state index contributed by atoms with van der Waals surface area (Å²) in [4.78, 5) is 8.62. The SMILES string of the molecule is Cc1ccccc1-n1c(SCc2nc3ccccc3n2C(F)F)nnc1-c1cccnc1. The van der Waals surface area contributed by atoms with Gasteiger partial charge < -0.3 is 0 Å². The van der Waals surface area contributed by atoms with Crippen LogP contribution in [0, 0.1) is 6.92 Å². The lowest BCUT2D eigenvalue weighted by Crippen LogP contribution is -2.05. The van der Waals surface area contributed by atoms with Gasteiger partial charge in [0.2, 0.25) is 0 Å². The molecular weight excluding hydrogens is 430 g/mol. The molecule has 2 aromatic carbocycles. The number of rotatable bonds is 6. The zero-order chi connectivity index (χ0) is 22.1. The first-order chi connectivity index (χ1) is 15.6. The van der Waals surface area contributed by atoms with Crippen molar-refractivity contribution >= 4 is 22.8 Å². The average Bonchev–Trinajstić information content (AvgIpc) is 3.40. The molecular formula is C23H18F2N6S. The Morgan fingerprint density at radius 1 is 0.969 bits per heavy atom. The number of hydrogen-bond acceptors (Lipinski definition) is 5. The summed E-state index contributed by atoms with van der Waals surface area (Å²) in [5.74, 6) is 1.14. The number of aryl methyl sites for hydroxylation is 1. The number of halogens is 2. The lowest BCUT2D eigenvalue weighted by atomic mass is 10.2. The van der Waals surface area contributed by atoms with Gasteiger partial charge in [-0.3, -0.25) is 14.1 Å². The molecule has 0 unspecified atom stereocenters. The standard InChI is InChI=1S/C23H18F2N6S/c1-15-7-2-4-10-18(15)31-21(16-8-6-12-26-13-16)28-29-23(31)32-14-20-27-17-9-3-5-11-19(17)30(20)22(24)25/h2-13,22H,14H2,1H3. The number of aromatic nitrogens is 6. The summed E-state index contributed by atoms with van der Waals surface area (Å²) in [6.07, 6.45) is 3.42. The van der Waals surface area contributed by atoms with Gasteiger partial charge in [0.1, 0.15) is 5.82 Å². The Hall–Kier alpha value is -3.59. The summed E-state index contributed by atoms with van der Waals surface area (Å²) >= 11 is 1.32. The monoisotopic (exact) mass is 448 g/mol. The highest BCUT2D eigenvalue weighted by Gasteiger charge is 2.21. The summed E-state index contributed by atoms with van der Waals surface area (Å²) in [5.41, 5.74) is 3.73. The molecule has 0 amide bonds. The van der Waals surface area contributed by atoms with Crippen molar-refractivity contribution in [3.63, 3.8) is 0 Å². The van der Waals surface area contributed by atoms with Crippen LogP contribution in [0.15, 0.2) is 78.2 Å². The molecule has 0 radical (unpaired) electrons. The first kappa shape index (κ1) is 20.3. The third-order valence-electron chi connectivity index (χ3n) is 5.10. The lowest BCUT2D eigenvalue weighted by molar-refractivity contribution is 0.0722. The molecule has 0 saturated heterocycles. The molecule has 3 heterocycles. The van der Waals surface area contributed by atoms with Crippen LogP contribution in [0.5, 0.6) is 0 Å². The van der Waals surface area contributed by atoms with Crippen molar-refractivity contribution in [3.8, 4) is 17.1 Å². The normalized spacial score (nSPS) is 11.5. The van der Waals surface area contributed by atoms with Crippen LogP contribution in [0.4, 0.5) is 8.78 Å². The van der Waals surface area contributed by atoms with Crippen molar-refractivity contribution in [2.24, 2.45) is 0 Å².